The summed E-state index contributed by atoms with van der Waals surface area (Å²) in [5.41, 5.74) is 6.07. The van der Waals surface area contributed by atoms with E-state index >= 15 is 0 Å². The molecule has 1 rings (SSSR count). The number of nitrogen functional groups attached to an aromatic ring is 1. The highest BCUT2D eigenvalue weighted by molar-refractivity contribution is 5.43. The lowest BCUT2D eigenvalue weighted by Crippen LogP contribution is -2.27. The van der Waals surface area contributed by atoms with Gasteiger partial charge in [-0.25, -0.2) is 0 Å². The summed E-state index contributed by atoms with van der Waals surface area (Å²) in [7, 11) is 1.67. The number of nitrogens with two attached hydrogens (primary N) is 1. The average molecular weight is 283 g/mol. The molecule has 0 aliphatic heterocycles. The zero-order valence-corrected chi connectivity index (χ0v) is 12.5. The van der Waals surface area contributed by atoms with E-state index in [1.54, 1.807) is 31.4 Å². The van der Waals surface area contributed by atoms with Crippen molar-refractivity contribution in [3.8, 4) is 5.75 Å². The van der Waals surface area contributed by atoms with Crippen LogP contribution in [0.1, 0.15) is 20.3 Å². The lowest BCUT2D eigenvalue weighted by Gasteiger charge is -2.22. The minimum absolute atomic E-state index is 0.178. The van der Waals surface area contributed by atoms with E-state index in [2.05, 4.69) is 0 Å². The number of aliphatic hydroxyl groups excluding tert-OH is 1. The van der Waals surface area contributed by atoms with E-state index in [4.69, 9.17) is 19.9 Å². The summed E-state index contributed by atoms with van der Waals surface area (Å²) in [5.74, 6) is 0.643. The number of aliphatic hydroxyl groups is 1. The first-order valence-electron chi connectivity index (χ1n) is 6.72. The third-order valence-electron chi connectivity index (χ3n) is 3.01. The van der Waals surface area contributed by atoms with Gasteiger partial charge >= 0.3 is 0 Å². The SMILES string of the molecule is COC(C)(C)CCOCC(O)COc1cccc(N)c1. The Morgan fingerprint density at radius 3 is 2.70 bits per heavy atom. The topological polar surface area (TPSA) is 73.9 Å². The molecule has 5 heteroatoms. The normalized spacial score (nSPS) is 13.2. The van der Waals surface area contributed by atoms with Gasteiger partial charge in [0.05, 0.1) is 12.2 Å². The van der Waals surface area contributed by atoms with Gasteiger partial charge in [0.15, 0.2) is 0 Å². The molecule has 3 N–H and O–H groups in total. The van der Waals surface area contributed by atoms with Crippen molar-refractivity contribution in [3.63, 3.8) is 0 Å². The maximum atomic E-state index is 9.75. The van der Waals surface area contributed by atoms with Crippen molar-refractivity contribution in [2.24, 2.45) is 0 Å². The standard InChI is InChI=1S/C15H25NO4/c1-15(2,18-3)7-8-19-10-13(17)11-20-14-6-4-5-12(16)9-14/h4-6,9,13,17H,7-8,10-11,16H2,1-3H3. The molecular weight excluding hydrogens is 258 g/mol. The van der Waals surface area contributed by atoms with Crippen LogP contribution in [0.25, 0.3) is 0 Å². The van der Waals surface area contributed by atoms with Gasteiger partial charge < -0.3 is 25.1 Å². The molecule has 1 aromatic rings. The van der Waals surface area contributed by atoms with Gasteiger partial charge in [-0.05, 0) is 32.4 Å². The van der Waals surface area contributed by atoms with Crippen molar-refractivity contribution in [3.05, 3.63) is 24.3 Å². The molecule has 0 fully saturated rings. The summed E-state index contributed by atoms with van der Waals surface area (Å²) in [6.07, 6.45) is 0.105. The Balaban J connectivity index is 2.16. The molecule has 1 unspecified atom stereocenters. The number of benzene rings is 1. The lowest BCUT2D eigenvalue weighted by atomic mass is 10.1. The highest BCUT2D eigenvalue weighted by Gasteiger charge is 2.16. The Morgan fingerprint density at radius 1 is 1.30 bits per heavy atom. The third-order valence-corrected chi connectivity index (χ3v) is 3.01. The number of rotatable bonds is 9. The van der Waals surface area contributed by atoms with Gasteiger partial charge in [-0.15, -0.1) is 0 Å². The van der Waals surface area contributed by atoms with E-state index in [1.807, 2.05) is 13.8 Å². The van der Waals surface area contributed by atoms with Crippen molar-refractivity contribution < 1.29 is 19.3 Å². The summed E-state index contributed by atoms with van der Waals surface area (Å²) in [5, 5.41) is 9.75. The fraction of sp³-hybridized carbons (Fsp3) is 0.600. The smallest absolute Gasteiger partial charge is 0.121 e. The Bertz CT molecular complexity index is 395. The second-order valence-electron chi connectivity index (χ2n) is 5.33. The second-order valence-corrected chi connectivity index (χ2v) is 5.33. The molecule has 0 aliphatic carbocycles. The molecule has 1 aromatic carbocycles. The van der Waals surface area contributed by atoms with Gasteiger partial charge in [-0.1, -0.05) is 6.07 Å². The maximum Gasteiger partial charge on any atom is 0.121 e. The van der Waals surface area contributed by atoms with Crippen LogP contribution in [0, 0.1) is 0 Å². The number of hydrogen-bond donors (Lipinski definition) is 2. The van der Waals surface area contributed by atoms with Crippen LogP contribution in [0.4, 0.5) is 5.69 Å². The summed E-state index contributed by atoms with van der Waals surface area (Å²) >= 11 is 0. The number of methoxy groups -OCH3 is 1. The monoisotopic (exact) mass is 283 g/mol. The van der Waals surface area contributed by atoms with Crippen LogP contribution >= 0.6 is 0 Å². The first kappa shape index (κ1) is 16.8. The molecule has 0 heterocycles. The molecule has 20 heavy (non-hydrogen) atoms. The predicted octanol–water partition coefficient (Wildman–Crippen LogP) is 1.84. The van der Waals surface area contributed by atoms with Crippen molar-refractivity contribution in [2.75, 3.05) is 32.7 Å². The molecule has 0 saturated carbocycles. The third kappa shape index (κ3) is 6.75. The minimum atomic E-state index is -0.665. The second kappa shape index (κ2) is 8.09. The molecule has 0 aromatic heterocycles. The molecule has 1 atom stereocenters. The highest BCUT2D eigenvalue weighted by atomic mass is 16.5. The van der Waals surface area contributed by atoms with Gasteiger partial charge in [0, 0.05) is 25.5 Å². The fourth-order valence-electron chi connectivity index (χ4n) is 1.48. The molecular formula is C15H25NO4. The number of ether oxygens (including phenoxy) is 3. The molecule has 0 aliphatic rings. The van der Waals surface area contributed by atoms with Gasteiger partial charge in [-0.2, -0.15) is 0 Å². The number of anilines is 1. The molecule has 0 bridgehead atoms. The Morgan fingerprint density at radius 2 is 2.05 bits per heavy atom. The van der Waals surface area contributed by atoms with E-state index in [0.717, 1.165) is 6.42 Å². The maximum absolute atomic E-state index is 9.75. The van der Waals surface area contributed by atoms with Crippen LogP contribution in [0.15, 0.2) is 24.3 Å². The molecule has 0 spiro atoms. The average Bonchev–Trinajstić information content (AvgIpc) is 2.41. The van der Waals surface area contributed by atoms with Crippen molar-refractivity contribution in [1.82, 2.24) is 0 Å². The van der Waals surface area contributed by atoms with Gasteiger partial charge in [0.2, 0.25) is 0 Å². The quantitative estimate of drug-likeness (QED) is 0.534. The van der Waals surface area contributed by atoms with Crippen LogP contribution in [0.2, 0.25) is 0 Å². The molecule has 0 radical (unpaired) electrons. The van der Waals surface area contributed by atoms with E-state index in [9.17, 15) is 5.11 Å². The lowest BCUT2D eigenvalue weighted by molar-refractivity contribution is -0.0308. The Hall–Kier alpha value is -1.30. The zero-order chi connectivity index (χ0) is 15.0. The Labute approximate surface area is 120 Å². The summed E-state index contributed by atoms with van der Waals surface area (Å²) in [6, 6.07) is 7.10. The van der Waals surface area contributed by atoms with E-state index < -0.39 is 6.10 Å². The van der Waals surface area contributed by atoms with Crippen LogP contribution < -0.4 is 10.5 Å². The van der Waals surface area contributed by atoms with Crippen LogP contribution in [0.5, 0.6) is 5.75 Å². The largest absolute Gasteiger partial charge is 0.491 e. The molecule has 0 amide bonds. The predicted molar refractivity (Wildman–Crippen MR) is 78.9 cm³/mol. The van der Waals surface area contributed by atoms with Crippen LogP contribution in [0.3, 0.4) is 0 Å². The minimum Gasteiger partial charge on any atom is -0.491 e. The molecule has 0 saturated heterocycles. The van der Waals surface area contributed by atoms with E-state index in [1.165, 1.54) is 0 Å². The Kier molecular flexibility index (Phi) is 6.78. The first-order valence-corrected chi connectivity index (χ1v) is 6.72. The van der Waals surface area contributed by atoms with Crippen LogP contribution in [-0.4, -0.2) is 43.7 Å². The van der Waals surface area contributed by atoms with E-state index in [0.29, 0.717) is 18.0 Å². The fourth-order valence-corrected chi connectivity index (χ4v) is 1.48. The van der Waals surface area contributed by atoms with Crippen molar-refractivity contribution in [1.29, 1.82) is 0 Å². The number of hydrogen-bond acceptors (Lipinski definition) is 5. The highest BCUT2D eigenvalue weighted by Crippen LogP contribution is 2.15. The zero-order valence-electron chi connectivity index (χ0n) is 12.5. The van der Waals surface area contributed by atoms with Crippen molar-refractivity contribution in [2.45, 2.75) is 32.0 Å². The van der Waals surface area contributed by atoms with E-state index in [-0.39, 0.29) is 18.8 Å². The summed E-state index contributed by atoms with van der Waals surface area (Å²) in [6.45, 7) is 4.95. The first-order chi connectivity index (χ1) is 9.43. The molecule has 5 nitrogen and oxygen atoms in total. The summed E-state index contributed by atoms with van der Waals surface area (Å²) in [4.78, 5) is 0. The molecule has 114 valence electrons. The summed E-state index contributed by atoms with van der Waals surface area (Å²) < 4.78 is 16.1. The van der Waals surface area contributed by atoms with Crippen LogP contribution in [-0.2, 0) is 9.47 Å². The van der Waals surface area contributed by atoms with Gasteiger partial charge in [-0.3, -0.25) is 0 Å². The van der Waals surface area contributed by atoms with Gasteiger partial charge in [0.1, 0.15) is 18.5 Å². The van der Waals surface area contributed by atoms with Crippen molar-refractivity contribution >= 4 is 5.69 Å². The van der Waals surface area contributed by atoms with Gasteiger partial charge in [0.25, 0.3) is 0 Å².